The quantitative estimate of drug-likeness (QED) is 0.697. The molecule has 0 bridgehead atoms. The molecular weight excluding hydrogens is 399 g/mol. The number of sulfonamides is 1. The minimum absolute atomic E-state index is 0.0179. The van der Waals surface area contributed by atoms with E-state index < -0.39 is 39.9 Å². The van der Waals surface area contributed by atoms with Gasteiger partial charge in [-0.2, -0.15) is 0 Å². The average molecular weight is 422 g/mol. The molecule has 0 aliphatic rings. The number of esters is 1. The monoisotopic (exact) mass is 422 g/mol. The van der Waals surface area contributed by atoms with Crippen LogP contribution in [0.3, 0.4) is 0 Å². The molecule has 0 heterocycles. The van der Waals surface area contributed by atoms with Crippen LogP contribution in [0.15, 0.2) is 47.4 Å². The van der Waals surface area contributed by atoms with Crippen LogP contribution < -0.4 is 10.0 Å². The lowest BCUT2D eigenvalue weighted by molar-refractivity contribution is -0.125. The first-order valence-corrected chi connectivity index (χ1v) is 10.2. The number of para-hydroxylation sites is 1. The molecule has 9 heteroatoms. The zero-order valence-corrected chi connectivity index (χ0v) is 17.4. The fourth-order valence-corrected chi connectivity index (χ4v) is 3.57. The summed E-state index contributed by atoms with van der Waals surface area (Å²) in [4.78, 5) is 24.0. The number of carbonyl (C=O) groups excluding carboxylic acids is 2. The maximum atomic E-state index is 13.4. The van der Waals surface area contributed by atoms with Gasteiger partial charge in [0.25, 0.3) is 15.9 Å². The van der Waals surface area contributed by atoms with E-state index in [4.69, 9.17) is 4.74 Å². The second-order valence-electron chi connectivity index (χ2n) is 7.44. The van der Waals surface area contributed by atoms with Gasteiger partial charge in [0.1, 0.15) is 5.82 Å². The molecule has 0 saturated heterocycles. The topological polar surface area (TPSA) is 102 Å². The molecule has 2 aromatic rings. The van der Waals surface area contributed by atoms with Crippen molar-refractivity contribution >= 4 is 27.6 Å². The number of halogens is 1. The van der Waals surface area contributed by atoms with Crippen LogP contribution in [-0.2, 0) is 19.6 Å². The lowest BCUT2D eigenvalue weighted by Crippen LogP contribution is -2.42. The van der Waals surface area contributed by atoms with Crippen molar-refractivity contribution in [2.24, 2.45) is 0 Å². The molecule has 0 aliphatic carbocycles. The molecule has 0 unspecified atom stereocenters. The second kappa shape index (κ2) is 8.60. The first-order valence-electron chi connectivity index (χ1n) is 8.75. The molecule has 2 N–H and O–H groups in total. The van der Waals surface area contributed by atoms with E-state index in [-0.39, 0.29) is 21.7 Å². The predicted molar refractivity (Wildman–Crippen MR) is 107 cm³/mol. The molecule has 156 valence electrons. The van der Waals surface area contributed by atoms with E-state index >= 15 is 0 Å². The molecular formula is C20H23FN2O5S. The van der Waals surface area contributed by atoms with Gasteiger partial charge in [0.15, 0.2) is 6.61 Å². The van der Waals surface area contributed by atoms with Crippen molar-refractivity contribution in [3.05, 3.63) is 59.4 Å². The number of aryl methyl sites for hydroxylation is 1. The SMILES string of the molecule is Cc1cc(S(=O)(=O)Nc2ccccc2C(=O)OCC(=O)NC(C)(C)C)ccc1F. The van der Waals surface area contributed by atoms with Crippen LogP contribution in [-0.4, -0.2) is 32.4 Å². The van der Waals surface area contributed by atoms with Gasteiger partial charge in [-0.3, -0.25) is 9.52 Å². The fraction of sp³-hybridized carbons (Fsp3) is 0.300. The maximum absolute atomic E-state index is 13.4. The van der Waals surface area contributed by atoms with Crippen molar-refractivity contribution in [2.45, 2.75) is 38.1 Å². The number of rotatable bonds is 6. The number of carbonyl (C=O) groups is 2. The molecule has 0 atom stereocenters. The van der Waals surface area contributed by atoms with Crippen LogP contribution in [0, 0.1) is 12.7 Å². The molecule has 2 aromatic carbocycles. The summed E-state index contributed by atoms with van der Waals surface area (Å²) in [6, 6.07) is 9.20. The largest absolute Gasteiger partial charge is 0.452 e. The summed E-state index contributed by atoms with van der Waals surface area (Å²) in [5.41, 5.74) is -0.385. The van der Waals surface area contributed by atoms with E-state index in [1.807, 2.05) is 0 Å². The smallest absolute Gasteiger partial charge is 0.340 e. The van der Waals surface area contributed by atoms with Gasteiger partial charge in [0.2, 0.25) is 0 Å². The average Bonchev–Trinajstić information content (AvgIpc) is 2.60. The third-order valence-corrected chi connectivity index (χ3v) is 5.04. The lowest BCUT2D eigenvalue weighted by Gasteiger charge is -2.20. The number of nitrogens with one attached hydrogen (secondary N) is 2. The summed E-state index contributed by atoms with van der Waals surface area (Å²) < 4.78 is 46.0. The molecule has 0 radical (unpaired) electrons. The molecule has 0 aromatic heterocycles. The predicted octanol–water partition coefficient (Wildman–Crippen LogP) is 3.01. The van der Waals surface area contributed by atoms with Gasteiger partial charge >= 0.3 is 5.97 Å². The van der Waals surface area contributed by atoms with E-state index in [0.717, 1.165) is 12.1 Å². The third-order valence-electron chi connectivity index (χ3n) is 3.68. The van der Waals surface area contributed by atoms with Crippen molar-refractivity contribution in [3.8, 4) is 0 Å². The summed E-state index contributed by atoms with van der Waals surface area (Å²) >= 11 is 0. The minimum Gasteiger partial charge on any atom is -0.452 e. The van der Waals surface area contributed by atoms with Gasteiger partial charge in [-0.1, -0.05) is 12.1 Å². The van der Waals surface area contributed by atoms with Gasteiger partial charge in [0, 0.05) is 5.54 Å². The summed E-state index contributed by atoms with van der Waals surface area (Å²) in [5.74, 6) is -1.87. The first-order chi connectivity index (χ1) is 13.4. The maximum Gasteiger partial charge on any atom is 0.340 e. The van der Waals surface area contributed by atoms with Gasteiger partial charge < -0.3 is 10.1 Å². The number of amides is 1. The summed E-state index contributed by atoms with van der Waals surface area (Å²) in [6.07, 6.45) is 0. The van der Waals surface area contributed by atoms with Crippen LogP contribution in [0.25, 0.3) is 0 Å². The number of benzene rings is 2. The van der Waals surface area contributed by atoms with E-state index in [2.05, 4.69) is 10.0 Å². The van der Waals surface area contributed by atoms with E-state index in [9.17, 15) is 22.4 Å². The van der Waals surface area contributed by atoms with E-state index in [1.165, 1.54) is 37.3 Å². The molecule has 7 nitrogen and oxygen atoms in total. The summed E-state index contributed by atoms with van der Waals surface area (Å²) in [6.45, 7) is 6.30. The Balaban J connectivity index is 2.18. The van der Waals surface area contributed by atoms with Crippen molar-refractivity contribution in [2.75, 3.05) is 11.3 Å². The van der Waals surface area contributed by atoms with Crippen LogP contribution >= 0.6 is 0 Å². The molecule has 1 amide bonds. The highest BCUT2D eigenvalue weighted by Crippen LogP contribution is 2.22. The van der Waals surface area contributed by atoms with Gasteiger partial charge in [-0.15, -0.1) is 0 Å². The van der Waals surface area contributed by atoms with Gasteiger partial charge in [-0.05, 0) is 63.6 Å². The van der Waals surface area contributed by atoms with Crippen LogP contribution in [0.5, 0.6) is 0 Å². The third kappa shape index (κ3) is 6.28. The van der Waals surface area contributed by atoms with Crippen LogP contribution in [0.1, 0.15) is 36.7 Å². The van der Waals surface area contributed by atoms with Crippen molar-refractivity contribution in [3.63, 3.8) is 0 Å². The van der Waals surface area contributed by atoms with Crippen LogP contribution in [0.4, 0.5) is 10.1 Å². The first kappa shape index (κ1) is 22.4. The van der Waals surface area contributed by atoms with E-state index in [0.29, 0.717) is 0 Å². The van der Waals surface area contributed by atoms with Crippen molar-refractivity contribution in [1.82, 2.24) is 5.32 Å². The van der Waals surface area contributed by atoms with E-state index in [1.54, 1.807) is 20.8 Å². The molecule has 29 heavy (non-hydrogen) atoms. The standard InChI is InChI=1S/C20H23FN2O5S/c1-13-11-14(9-10-16(13)21)29(26,27)23-17-8-6-5-7-15(17)19(25)28-12-18(24)22-20(2,3)4/h5-11,23H,12H2,1-4H3,(H,22,24). The molecule has 0 aliphatic heterocycles. The Morgan fingerprint density at radius 2 is 1.76 bits per heavy atom. The number of ether oxygens (including phenoxy) is 1. The Kier molecular flexibility index (Phi) is 6.63. The Labute approximate surface area is 169 Å². The van der Waals surface area contributed by atoms with Gasteiger partial charge in [-0.25, -0.2) is 17.6 Å². The Morgan fingerprint density at radius 1 is 1.10 bits per heavy atom. The minimum atomic E-state index is -4.07. The molecule has 2 rings (SSSR count). The Bertz CT molecular complexity index is 1030. The highest BCUT2D eigenvalue weighted by molar-refractivity contribution is 7.92. The number of hydrogen-bond donors (Lipinski definition) is 2. The zero-order chi connectivity index (χ0) is 21.8. The Morgan fingerprint density at radius 3 is 2.38 bits per heavy atom. The zero-order valence-electron chi connectivity index (χ0n) is 16.6. The summed E-state index contributed by atoms with van der Waals surface area (Å²) in [7, 11) is -4.07. The lowest BCUT2D eigenvalue weighted by atomic mass is 10.1. The number of anilines is 1. The van der Waals surface area contributed by atoms with Crippen LogP contribution in [0.2, 0.25) is 0 Å². The highest BCUT2D eigenvalue weighted by atomic mass is 32.2. The molecule has 0 fully saturated rings. The Hall–Kier alpha value is -2.94. The van der Waals surface area contributed by atoms with Crippen molar-refractivity contribution in [1.29, 1.82) is 0 Å². The normalized spacial score (nSPS) is 11.6. The highest BCUT2D eigenvalue weighted by Gasteiger charge is 2.21. The second-order valence-corrected chi connectivity index (χ2v) is 9.12. The van der Waals surface area contributed by atoms with Crippen molar-refractivity contribution < 1.29 is 27.1 Å². The molecule has 0 saturated carbocycles. The molecule has 0 spiro atoms. The fourth-order valence-electron chi connectivity index (χ4n) is 2.40. The van der Waals surface area contributed by atoms with Gasteiger partial charge in [0.05, 0.1) is 16.1 Å². The number of hydrogen-bond acceptors (Lipinski definition) is 5. The summed E-state index contributed by atoms with van der Waals surface area (Å²) in [5, 5.41) is 2.65.